The Morgan fingerprint density at radius 2 is 1.96 bits per heavy atom. The SMILES string of the molecule is CCN1CCN(C(=O)C2Cn3cccc3C(=O)N2CC(C)C)CC1. The Morgan fingerprint density at radius 3 is 2.58 bits per heavy atom. The van der Waals surface area contributed by atoms with Gasteiger partial charge in [-0.1, -0.05) is 20.8 Å². The van der Waals surface area contributed by atoms with Crippen molar-refractivity contribution in [2.24, 2.45) is 5.92 Å². The fourth-order valence-corrected chi connectivity index (χ4v) is 3.65. The van der Waals surface area contributed by atoms with Gasteiger partial charge in [0.1, 0.15) is 11.7 Å². The summed E-state index contributed by atoms with van der Waals surface area (Å²) >= 11 is 0. The molecule has 0 spiro atoms. The quantitative estimate of drug-likeness (QED) is 0.831. The number of carbonyl (C=O) groups excluding carboxylic acids is 2. The van der Waals surface area contributed by atoms with E-state index in [0.717, 1.165) is 32.7 Å². The Balaban J connectivity index is 1.79. The maximum Gasteiger partial charge on any atom is 0.271 e. The number of likely N-dealkylation sites (N-methyl/N-ethyl adjacent to an activating group) is 1. The first-order valence-corrected chi connectivity index (χ1v) is 8.98. The van der Waals surface area contributed by atoms with Gasteiger partial charge in [0.15, 0.2) is 0 Å². The Bertz CT molecular complexity index is 602. The van der Waals surface area contributed by atoms with E-state index in [1.54, 1.807) is 4.90 Å². The van der Waals surface area contributed by atoms with Crippen molar-refractivity contribution >= 4 is 11.8 Å². The summed E-state index contributed by atoms with van der Waals surface area (Å²) in [6.45, 7) is 11.9. The summed E-state index contributed by atoms with van der Waals surface area (Å²) in [5.41, 5.74) is 0.690. The highest BCUT2D eigenvalue weighted by molar-refractivity contribution is 5.97. The maximum atomic E-state index is 13.1. The lowest BCUT2D eigenvalue weighted by Gasteiger charge is -2.41. The van der Waals surface area contributed by atoms with Gasteiger partial charge >= 0.3 is 0 Å². The highest BCUT2D eigenvalue weighted by Crippen LogP contribution is 2.22. The largest absolute Gasteiger partial charge is 0.341 e. The summed E-state index contributed by atoms with van der Waals surface area (Å²) in [5.74, 6) is 0.410. The molecule has 0 aromatic carbocycles. The van der Waals surface area contributed by atoms with Gasteiger partial charge in [0.05, 0.1) is 6.54 Å². The van der Waals surface area contributed by atoms with Crippen LogP contribution in [0.25, 0.3) is 0 Å². The van der Waals surface area contributed by atoms with Gasteiger partial charge in [-0.25, -0.2) is 0 Å². The molecule has 24 heavy (non-hydrogen) atoms. The van der Waals surface area contributed by atoms with Gasteiger partial charge < -0.3 is 19.3 Å². The molecule has 1 fully saturated rings. The van der Waals surface area contributed by atoms with E-state index >= 15 is 0 Å². The molecule has 1 aromatic heterocycles. The van der Waals surface area contributed by atoms with E-state index in [1.165, 1.54) is 0 Å². The highest BCUT2D eigenvalue weighted by atomic mass is 16.2. The lowest BCUT2D eigenvalue weighted by molar-refractivity contribution is -0.139. The van der Waals surface area contributed by atoms with Crippen LogP contribution in [0.2, 0.25) is 0 Å². The number of rotatable bonds is 4. The molecule has 1 saturated heterocycles. The van der Waals surface area contributed by atoms with Gasteiger partial charge in [0, 0.05) is 38.9 Å². The predicted octanol–water partition coefficient (Wildman–Crippen LogP) is 1.13. The van der Waals surface area contributed by atoms with Crippen molar-refractivity contribution in [2.75, 3.05) is 39.3 Å². The molecule has 1 aromatic rings. The minimum atomic E-state index is -0.382. The van der Waals surface area contributed by atoms with E-state index in [9.17, 15) is 9.59 Å². The van der Waals surface area contributed by atoms with Crippen LogP contribution < -0.4 is 0 Å². The third kappa shape index (κ3) is 3.20. The van der Waals surface area contributed by atoms with Gasteiger partial charge in [0.25, 0.3) is 5.91 Å². The van der Waals surface area contributed by atoms with E-state index in [-0.39, 0.29) is 17.9 Å². The second-order valence-corrected chi connectivity index (χ2v) is 7.17. The van der Waals surface area contributed by atoms with Crippen molar-refractivity contribution in [2.45, 2.75) is 33.4 Å². The minimum Gasteiger partial charge on any atom is -0.341 e. The molecule has 0 saturated carbocycles. The lowest BCUT2D eigenvalue weighted by Crippen LogP contribution is -2.59. The first-order valence-electron chi connectivity index (χ1n) is 8.98. The van der Waals surface area contributed by atoms with E-state index in [2.05, 4.69) is 25.7 Å². The van der Waals surface area contributed by atoms with Crippen LogP contribution in [0.5, 0.6) is 0 Å². The molecule has 2 aliphatic heterocycles. The number of hydrogen-bond acceptors (Lipinski definition) is 3. The Labute approximate surface area is 144 Å². The topological polar surface area (TPSA) is 48.8 Å². The van der Waals surface area contributed by atoms with Gasteiger partial charge in [-0.05, 0) is 24.6 Å². The molecule has 6 nitrogen and oxygen atoms in total. The zero-order chi connectivity index (χ0) is 17.3. The molecule has 6 heteroatoms. The molecule has 0 radical (unpaired) electrons. The third-order valence-electron chi connectivity index (χ3n) is 5.03. The zero-order valence-corrected chi connectivity index (χ0v) is 14.9. The summed E-state index contributed by atoms with van der Waals surface area (Å²) in [4.78, 5) is 32.0. The standard InChI is InChI=1S/C18H28N4O2/c1-4-19-8-10-20(11-9-19)17(23)16-13-21-7-5-6-15(21)18(24)22(16)12-14(2)3/h5-7,14,16H,4,8-13H2,1-3H3. The average Bonchev–Trinajstić information content (AvgIpc) is 3.05. The van der Waals surface area contributed by atoms with E-state index in [0.29, 0.717) is 24.7 Å². The van der Waals surface area contributed by atoms with Gasteiger partial charge in [-0.2, -0.15) is 0 Å². The zero-order valence-electron chi connectivity index (χ0n) is 14.9. The molecular weight excluding hydrogens is 304 g/mol. The van der Waals surface area contributed by atoms with Gasteiger partial charge in [-0.15, -0.1) is 0 Å². The van der Waals surface area contributed by atoms with Crippen LogP contribution in [0.3, 0.4) is 0 Å². The highest BCUT2D eigenvalue weighted by Gasteiger charge is 2.39. The molecule has 0 aliphatic carbocycles. The average molecular weight is 332 g/mol. The summed E-state index contributed by atoms with van der Waals surface area (Å²) in [6.07, 6.45) is 1.90. The number of fused-ring (bicyclic) bond motifs is 1. The van der Waals surface area contributed by atoms with Crippen LogP contribution in [0, 0.1) is 5.92 Å². The Hall–Kier alpha value is -1.82. The summed E-state index contributed by atoms with van der Waals surface area (Å²) in [7, 11) is 0. The van der Waals surface area contributed by atoms with Crippen LogP contribution in [-0.2, 0) is 11.3 Å². The maximum absolute atomic E-state index is 13.1. The lowest BCUT2D eigenvalue weighted by atomic mass is 10.1. The molecule has 1 atom stereocenters. The van der Waals surface area contributed by atoms with Crippen molar-refractivity contribution < 1.29 is 9.59 Å². The summed E-state index contributed by atoms with van der Waals surface area (Å²) in [5, 5.41) is 0. The van der Waals surface area contributed by atoms with Crippen LogP contribution in [0.1, 0.15) is 31.3 Å². The first kappa shape index (κ1) is 17.0. The fourth-order valence-electron chi connectivity index (χ4n) is 3.65. The second-order valence-electron chi connectivity index (χ2n) is 7.17. The monoisotopic (exact) mass is 332 g/mol. The molecular formula is C18H28N4O2. The molecule has 1 unspecified atom stereocenters. The normalized spacial score (nSPS) is 22.2. The molecule has 132 valence electrons. The Morgan fingerprint density at radius 1 is 1.25 bits per heavy atom. The minimum absolute atomic E-state index is 0.0227. The number of hydrogen-bond donors (Lipinski definition) is 0. The summed E-state index contributed by atoms with van der Waals surface area (Å²) in [6, 6.07) is 3.34. The van der Waals surface area contributed by atoms with Crippen molar-refractivity contribution in [1.82, 2.24) is 19.3 Å². The molecule has 3 rings (SSSR count). The van der Waals surface area contributed by atoms with E-state index in [1.807, 2.05) is 27.8 Å². The molecule has 3 heterocycles. The number of nitrogens with zero attached hydrogens (tertiary/aromatic N) is 4. The van der Waals surface area contributed by atoms with Gasteiger partial charge in [-0.3, -0.25) is 9.59 Å². The van der Waals surface area contributed by atoms with Crippen molar-refractivity contribution in [3.8, 4) is 0 Å². The molecule has 2 amide bonds. The van der Waals surface area contributed by atoms with Crippen LogP contribution in [-0.4, -0.2) is 76.4 Å². The third-order valence-corrected chi connectivity index (χ3v) is 5.03. The first-order chi connectivity index (χ1) is 11.5. The number of amides is 2. The molecule has 2 aliphatic rings. The molecule has 0 bridgehead atoms. The van der Waals surface area contributed by atoms with Crippen LogP contribution in [0.15, 0.2) is 18.3 Å². The number of carbonyl (C=O) groups is 2. The van der Waals surface area contributed by atoms with E-state index < -0.39 is 0 Å². The molecule has 0 N–H and O–H groups in total. The smallest absolute Gasteiger partial charge is 0.271 e. The van der Waals surface area contributed by atoms with Gasteiger partial charge in [0.2, 0.25) is 5.91 Å². The van der Waals surface area contributed by atoms with E-state index in [4.69, 9.17) is 0 Å². The Kier molecular flexibility index (Phi) is 4.94. The van der Waals surface area contributed by atoms with Crippen molar-refractivity contribution in [3.63, 3.8) is 0 Å². The fraction of sp³-hybridized carbons (Fsp3) is 0.667. The van der Waals surface area contributed by atoms with Crippen molar-refractivity contribution in [3.05, 3.63) is 24.0 Å². The number of piperazine rings is 1. The summed E-state index contributed by atoms with van der Waals surface area (Å²) < 4.78 is 1.92. The van der Waals surface area contributed by atoms with Crippen LogP contribution in [0.4, 0.5) is 0 Å². The second kappa shape index (κ2) is 6.97. The van der Waals surface area contributed by atoms with Crippen LogP contribution >= 0.6 is 0 Å². The van der Waals surface area contributed by atoms with Crippen molar-refractivity contribution in [1.29, 1.82) is 0 Å². The number of aromatic nitrogens is 1. The predicted molar refractivity (Wildman–Crippen MR) is 92.8 cm³/mol.